The number of aliphatic carboxylic acids is 1. The summed E-state index contributed by atoms with van der Waals surface area (Å²) in [5.41, 5.74) is 0.869. The summed E-state index contributed by atoms with van der Waals surface area (Å²) in [6.45, 7) is 4.17. The van der Waals surface area contributed by atoms with E-state index in [9.17, 15) is 14.7 Å². The van der Waals surface area contributed by atoms with Gasteiger partial charge in [-0.2, -0.15) is 0 Å². The van der Waals surface area contributed by atoms with Crippen molar-refractivity contribution in [2.24, 2.45) is 5.92 Å². The van der Waals surface area contributed by atoms with Gasteiger partial charge in [0, 0.05) is 17.8 Å². The average Bonchev–Trinajstić information content (AvgIpc) is 2.95. The lowest BCUT2D eigenvalue weighted by atomic mass is 9.85. The van der Waals surface area contributed by atoms with Crippen LogP contribution in [-0.4, -0.2) is 46.6 Å². The van der Waals surface area contributed by atoms with E-state index in [4.69, 9.17) is 0 Å². The summed E-state index contributed by atoms with van der Waals surface area (Å²) in [5.74, 6) is -0.386. The molecule has 5 heteroatoms. The zero-order valence-electron chi connectivity index (χ0n) is 15.1. The third-order valence-corrected chi connectivity index (χ3v) is 5.64. The first kappa shape index (κ1) is 17.9. The van der Waals surface area contributed by atoms with Crippen LogP contribution in [0.4, 0.5) is 5.69 Å². The Morgan fingerprint density at radius 1 is 1.20 bits per heavy atom. The second-order valence-corrected chi connectivity index (χ2v) is 7.57. The average molecular weight is 344 g/mol. The van der Waals surface area contributed by atoms with Crippen molar-refractivity contribution >= 4 is 17.6 Å². The molecule has 2 aliphatic rings. The number of carboxylic acids is 1. The Morgan fingerprint density at radius 3 is 2.52 bits per heavy atom. The van der Waals surface area contributed by atoms with Crippen molar-refractivity contribution in [1.82, 2.24) is 4.90 Å². The second kappa shape index (κ2) is 7.56. The standard InChI is InChI=1S/C20H28N2O3/c1-14(2)22(16-9-4-3-5-10-16)19(23)13-21-17-11-7-6-8-15(17)12-18(21)20(24)25/h3-5,9-10,14-15,17-18H,6-8,11-13H2,1-2H3,(H,24,25). The Kier molecular flexibility index (Phi) is 5.42. The zero-order chi connectivity index (χ0) is 18.0. The minimum atomic E-state index is -0.794. The van der Waals surface area contributed by atoms with Gasteiger partial charge in [0.25, 0.3) is 0 Å². The molecule has 1 amide bonds. The van der Waals surface area contributed by atoms with E-state index in [1.165, 1.54) is 6.42 Å². The number of carbonyl (C=O) groups is 2. The minimum Gasteiger partial charge on any atom is -0.480 e. The van der Waals surface area contributed by atoms with E-state index in [1.54, 1.807) is 4.90 Å². The predicted octanol–water partition coefficient (Wildman–Crippen LogP) is 3.15. The van der Waals surface area contributed by atoms with Crippen LogP contribution in [-0.2, 0) is 9.59 Å². The molecule has 1 aliphatic heterocycles. The van der Waals surface area contributed by atoms with Gasteiger partial charge in [-0.05, 0) is 51.2 Å². The van der Waals surface area contributed by atoms with Crippen LogP contribution in [0.3, 0.4) is 0 Å². The van der Waals surface area contributed by atoms with E-state index in [0.29, 0.717) is 12.3 Å². The van der Waals surface area contributed by atoms with Crippen molar-refractivity contribution in [3.63, 3.8) is 0 Å². The van der Waals surface area contributed by atoms with Crippen LogP contribution in [0.15, 0.2) is 30.3 Å². The van der Waals surface area contributed by atoms with E-state index in [1.807, 2.05) is 49.1 Å². The van der Waals surface area contributed by atoms with E-state index >= 15 is 0 Å². The molecule has 25 heavy (non-hydrogen) atoms. The maximum absolute atomic E-state index is 13.1. The van der Waals surface area contributed by atoms with E-state index in [0.717, 1.165) is 24.9 Å². The summed E-state index contributed by atoms with van der Waals surface area (Å²) in [6.07, 6.45) is 5.09. The van der Waals surface area contributed by atoms with Gasteiger partial charge in [0.1, 0.15) is 6.04 Å². The highest BCUT2D eigenvalue weighted by Gasteiger charge is 2.46. The summed E-state index contributed by atoms with van der Waals surface area (Å²) < 4.78 is 0. The number of amides is 1. The van der Waals surface area contributed by atoms with Crippen LogP contribution in [0, 0.1) is 5.92 Å². The number of hydrogen-bond donors (Lipinski definition) is 1. The van der Waals surface area contributed by atoms with Gasteiger partial charge in [-0.25, -0.2) is 0 Å². The van der Waals surface area contributed by atoms with Crippen LogP contribution in [0.1, 0.15) is 46.0 Å². The first-order valence-corrected chi connectivity index (χ1v) is 9.34. The number of nitrogens with zero attached hydrogens (tertiary/aromatic N) is 2. The molecule has 1 aromatic rings. The van der Waals surface area contributed by atoms with Gasteiger partial charge in [0.05, 0.1) is 6.54 Å². The Morgan fingerprint density at radius 2 is 1.88 bits per heavy atom. The molecule has 0 radical (unpaired) electrons. The van der Waals surface area contributed by atoms with Crippen LogP contribution in [0.2, 0.25) is 0 Å². The van der Waals surface area contributed by atoms with Gasteiger partial charge in [-0.15, -0.1) is 0 Å². The Balaban J connectivity index is 1.80. The third kappa shape index (κ3) is 3.71. The lowest BCUT2D eigenvalue weighted by molar-refractivity contribution is -0.143. The van der Waals surface area contributed by atoms with Crippen molar-refractivity contribution < 1.29 is 14.7 Å². The first-order valence-electron chi connectivity index (χ1n) is 9.34. The molecule has 3 rings (SSSR count). The Labute approximate surface area is 149 Å². The van der Waals surface area contributed by atoms with Crippen molar-refractivity contribution in [1.29, 1.82) is 0 Å². The summed E-state index contributed by atoms with van der Waals surface area (Å²) in [5, 5.41) is 9.64. The molecule has 2 fully saturated rings. The summed E-state index contributed by atoms with van der Waals surface area (Å²) >= 11 is 0. The quantitative estimate of drug-likeness (QED) is 0.891. The molecule has 3 atom stereocenters. The third-order valence-electron chi connectivity index (χ3n) is 5.64. The molecule has 1 N–H and O–H groups in total. The highest BCUT2D eigenvalue weighted by atomic mass is 16.4. The maximum atomic E-state index is 13.1. The topological polar surface area (TPSA) is 60.9 Å². The summed E-state index contributed by atoms with van der Waals surface area (Å²) in [6, 6.07) is 9.38. The van der Waals surface area contributed by atoms with Crippen molar-refractivity contribution in [2.45, 2.75) is 64.1 Å². The number of rotatable bonds is 5. The normalized spacial score (nSPS) is 26.4. The monoisotopic (exact) mass is 344 g/mol. The molecule has 0 aromatic heterocycles. The molecule has 1 heterocycles. The molecule has 1 saturated carbocycles. The SMILES string of the molecule is CC(C)N(C(=O)CN1C(C(=O)O)CC2CCCCC21)c1ccccc1. The first-order chi connectivity index (χ1) is 12.0. The molecule has 5 nitrogen and oxygen atoms in total. The molecular formula is C20H28N2O3. The van der Waals surface area contributed by atoms with E-state index in [2.05, 4.69) is 0 Å². The van der Waals surface area contributed by atoms with Crippen LogP contribution >= 0.6 is 0 Å². The second-order valence-electron chi connectivity index (χ2n) is 7.57. The van der Waals surface area contributed by atoms with Gasteiger partial charge in [-0.3, -0.25) is 14.5 Å². The van der Waals surface area contributed by atoms with Crippen LogP contribution in [0.5, 0.6) is 0 Å². The highest BCUT2D eigenvalue weighted by Crippen LogP contribution is 2.39. The Bertz CT molecular complexity index is 617. The van der Waals surface area contributed by atoms with Crippen LogP contribution in [0.25, 0.3) is 0 Å². The summed E-state index contributed by atoms with van der Waals surface area (Å²) in [4.78, 5) is 28.6. The van der Waals surface area contributed by atoms with Gasteiger partial charge in [0.15, 0.2) is 0 Å². The largest absolute Gasteiger partial charge is 0.480 e. The minimum absolute atomic E-state index is 0.0151. The van der Waals surface area contributed by atoms with E-state index < -0.39 is 12.0 Å². The fourth-order valence-corrected chi connectivity index (χ4v) is 4.57. The molecule has 0 spiro atoms. The van der Waals surface area contributed by atoms with E-state index in [-0.39, 0.29) is 24.5 Å². The number of para-hydroxylation sites is 1. The van der Waals surface area contributed by atoms with Crippen molar-refractivity contribution in [2.75, 3.05) is 11.4 Å². The van der Waals surface area contributed by atoms with Gasteiger partial charge in [-0.1, -0.05) is 31.0 Å². The smallest absolute Gasteiger partial charge is 0.320 e. The molecule has 1 saturated heterocycles. The molecule has 1 aliphatic carbocycles. The number of carbonyl (C=O) groups excluding carboxylic acids is 1. The highest BCUT2D eigenvalue weighted by molar-refractivity contribution is 5.95. The number of benzene rings is 1. The molecule has 136 valence electrons. The number of fused-ring (bicyclic) bond motifs is 1. The maximum Gasteiger partial charge on any atom is 0.320 e. The fourth-order valence-electron chi connectivity index (χ4n) is 4.57. The predicted molar refractivity (Wildman–Crippen MR) is 97.6 cm³/mol. The lowest BCUT2D eigenvalue weighted by Crippen LogP contribution is -2.50. The van der Waals surface area contributed by atoms with Crippen molar-refractivity contribution in [3.05, 3.63) is 30.3 Å². The molecule has 3 unspecified atom stereocenters. The van der Waals surface area contributed by atoms with Crippen LogP contribution < -0.4 is 4.90 Å². The number of carboxylic acid groups (broad SMARTS) is 1. The Hall–Kier alpha value is -1.88. The number of hydrogen-bond acceptors (Lipinski definition) is 3. The number of likely N-dealkylation sites (tertiary alicyclic amines) is 1. The fraction of sp³-hybridized carbons (Fsp3) is 0.600. The van der Waals surface area contributed by atoms with Gasteiger partial charge in [0.2, 0.25) is 5.91 Å². The van der Waals surface area contributed by atoms with Gasteiger partial charge < -0.3 is 10.0 Å². The van der Waals surface area contributed by atoms with Crippen molar-refractivity contribution in [3.8, 4) is 0 Å². The molecular weight excluding hydrogens is 316 g/mol. The zero-order valence-corrected chi connectivity index (χ0v) is 15.1. The lowest BCUT2D eigenvalue weighted by Gasteiger charge is -2.35. The molecule has 0 bridgehead atoms. The number of anilines is 1. The summed E-state index contributed by atoms with van der Waals surface area (Å²) in [7, 11) is 0. The van der Waals surface area contributed by atoms with Gasteiger partial charge >= 0.3 is 5.97 Å². The molecule has 1 aromatic carbocycles.